The van der Waals surface area contributed by atoms with E-state index in [0.29, 0.717) is 22.4 Å². The van der Waals surface area contributed by atoms with Crippen LogP contribution >= 0.6 is 11.3 Å². The molecule has 0 fully saturated rings. The summed E-state index contributed by atoms with van der Waals surface area (Å²) in [6.45, 7) is 6.00. The van der Waals surface area contributed by atoms with Gasteiger partial charge in [-0.15, -0.1) is 11.3 Å². The van der Waals surface area contributed by atoms with Gasteiger partial charge in [0.15, 0.2) is 5.75 Å². The molecular weight excluding hydrogens is 290 g/mol. The normalized spacial score (nSPS) is 12.3. The lowest BCUT2D eigenvalue weighted by Crippen LogP contribution is -2.32. The molecule has 1 heterocycles. The molecule has 0 aliphatic rings. The van der Waals surface area contributed by atoms with Gasteiger partial charge < -0.3 is 25.4 Å². The van der Waals surface area contributed by atoms with Crippen LogP contribution in [0.3, 0.4) is 0 Å². The van der Waals surface area contributed by atoms with Gasteiger partial charge >= 0.3 is 5.97 Å². The third-order valence-corrected chi connectivity index (χ3v) is 4.69. The summed E-state index contributed by atoms with van der Waals surface area (Å²) in [6, 6.07) is 0.535. The van der Waals surface area contributed by atoms with Crippen molar-refractivity contribution in [1.82, 2.24) is 4.90 Å². The Hall–Kier alpha value is -1.47. The maximum atomic E-state index is 11.6. The zero-order valence-corrected chi connectivity index (χ0v) is 14.2. The quantitative estimate of drug-likeness (QED) is 0.717. The number of nitrogens with two attached hydrogens (primary N) is 1. The summed E-state index contributed by atoms with van der Waals surface area (Å²) in [5, 5.41) is 4.04. The van der Waals surface area contributed by atoms with Crippen molar-refractivity contribution in [2.24, 2.45) is 0 Å². The summed E-state index contributed by atoms with van der Waals surface area (Å²) in [7, 11) is 4.97. The molecule has 0 spiro atoms. The molecule has 21 heavy (non-hydrogen) atoms. The lowest BCUT2D eigenvalue weighted by atomic mass is 10.2. The molecular formula is C14H25N3O3S. The van der Waals surface area contributed by atoms with Gasteiger partial charge in [0.05, 0.1) is 14.2 Å². The average molecular weight is 315 g/mol. The lowest BCUT2D eigenvalue weighted by Gasteiger charge is -2.23. The fraction of sp³-hybridized carbons (Fsp3) is 0.643. The molecule has 1 unspecified atom stereocenters. The van der Waals surface area contributed by atoms with E-state index in [-0.39, 0.29) is 0 Å². The van der Waals surface area contributed by atoms with E-state index >= 15 is 0 Å². The van der Waals surface area contributed by atoms with Gasteiger partial charge in [0.25, 0.3) is 0 Å². The van der Waals surface area contributed by atoms with Crippen molar-refractivity contribution in [2.45, 2.75) is 26.3 Å². The minimum Gasteiger partial charge on any atom is -0.492 e. The molecule has 1 rings (SSSR count). The molecule has 0 saturated carbocycles. The first-order valence-electron chi connectivity index (χ1n) is 6.94. The Morgan fingerprint density at radius 3 is 2.67 bits per heavy atom. The second-order valence-corrected chi connectivity index (χ2v) is 5.88. The SMILES string of the molecule is CCC(C)N(C)CCNc1sc(C(=O)OC)c(N)c1OC. The van der Waals surface area contributed by atoms with Crippen molar-refractivity contribution in [1.29, 1.82) is 0 Å². The Morgan fingerprint density at radius 1 is 1.48 bits per heavy atom. The number of hydrogen-bond acceptors (Lipinski definition) is 7. The molecule has 0 saturated heterocycles. The number of esters is 1. The molecule has 120 valence electrons. The number of carbonyl (C=O) groups excluding carboxylic acids is 1. The number of rotatable bonds is 8. The van der Waals surface area contributed by atoms with Crippen molar-refractivity contribution < 1.29 is 14.3 Å². The van der Waals surface area contributed by atoms with Gasteiger partial charge in [0, 0.05) is 19.1 Å². The average Bonchev–Trinajstić information content (AvgIpc) is 2.81. The Balaban J connectivity index is 2.73. The number of nitrogen functional groups attached to an aromatic ring is 1. The first kappa shape index (κ1) is 17.6. The van der Waals surface area contributed by atoms with Crippen LogP contribution in [-0.4, -0.2) is 51.3 Å². The standard InChI is InChI=1S/C14H25N3O3S/c1-6-9(2)17(3)8-7-16-13-11(19-4)10(15)12(21-13)14(18)20-5/h9,16H,6-8,15H2,1-5H3. The number of methoxy groups -OCH3 is 2. The number of nitrogens with one attached hydrogen (secondary N) is 1. The topological polar surface area (TPSA) is 76.8 Å². The second kappa shape index (κ2) is 8.09. The number of carbonyl (C=O) groups is 1. The summed E-state index contributed by atoms with van der Waals surface area (Å²) in [5.74, 6) is 0.0622. The van der Waals surface area contributed by atoms with E-state index in [0.717, 1.165) is 24.5 Å². The van der Waals surface area contributed by atoms with Crippen molar-refractivity contribution in [3.8, 4) is 5.75 Å². The van der Waals surface area contributed by atoms with Crippen molar-refractivity contribution in [2.75, 3.05) is 45.4 Å². The zero-order chi connectivity index (χ0) is 16.0. The van der Waals surface area contributed by atoms with Crippen LogP contribution in [0.4, 0.5) is 10.7 Å². The van der Waals surface area contributed by atoms with Gasteiger partial charge in [-0.25, -0.2) is 4.79 Å². The van der Waals surface area contributed by atoms with Gasteiger partial charge in [0.2, 0.25) is 0 Å². The summed E-state index contributed by atoms with van der Waals surface area (Å²) in [4.78, 5) is 14.3. The molecule has 0 bridgehead atoms. The fourth-order valence-electron chi connectivity index (χ4n) is 1.87. The van der Waals surface area contributed by atoms with Crippen molar-refractivity contribution in [3.63, 3.8) is 0 Å². The minimum atomic E-state index is -0.444. The van der Waals surface area contributed by atoms with E-state index in [1.54, 1.807) is 0 Å². The van der Waals surface area contributed by atoms with Crippen LogP contribution in [0.25, 0.3) is 0 Å². The van der Waals surface area contributed by atoms with Crippen LogP contribution < -0.4 is 15.8 Å². The highest BCUT2D eigenvalue weighted by molar-refractivity contribution is 7.19. The van der Waals surface area contributed by atoms with Crippen LogP contribution in [0.15, 0.2) is 0 Å². The van der Waals surface area contributed by atoms with E-state index in [1.807, 2.05) is 0 Å². The number of likely N-dealkylation sites (N-methyl/N-ethyl adjacent to an activating group) is 1. The Bertz CT molecular complexity index is 476. The Kier molecular flexibility index (Phi) is 6.77. The Labute approximate surface area is 130 Å². The number of thiophene rings is 1. The van der Waals surface area contributed by atoms with E-state index in [1.165, 1.54) is 25.6 Å². The molecule has 1 aromatic rings. The third-order valence-electron chi connectivity index (χ3n) is 3.57. The van der Waals surface area contributed by atoms with Crippen LogP contribution in [0.5, 0.6) is 5.75 Å². The molecule has 1 aromatic heterocycles. The first-order valence-corrected chi connectivity index (χ1v) is 7.76. The maximum absolute atomic E-state index is 11.6. The van der Waals surface area contributed by atoms with Crippen molar-refractivity contribution >= 4 is 28.0 Å². The largest absolute Gasteiger partial charge is 0.492 e. The molecule has 0 aliphatic heterocycles. The predicted molar refractivity (Wildman–Crippen MR) is 87.5 cm³/mol. The number of anilines is 2. The highest BCUT2D eigenvalue weighted by Crippen LogP contribution is 2.42. The van der Waals surface area contributed by atoms with E-state index in [9.17, 15) is 4.79 Å². The number of nitrogens with zero attached hydrogens (tertiary/aromatic N) is 1. The smallest absolute Gasteiger partial charge is 0.350 e. The fourth-order valence-corrected chi connectivity index (χ4v) is 2.90. The van der Waals surface area contributed by atoms with Gasteiger partial charge in [-0.1, -0.05) is 6.92 Å². The summed E-state index contributed by atoms with van der Waals surface area (Å²) < 4.78 is 10.00. The van der Waals surface area contributed by atoms with Gasteiger partial charge in [-0.2, -0.15) is 0 Å². The highest BCUT2D eigenvalue weighted by Gasteiger charge is 2.22. The van der Waals surface area contributed by atoms with E-state index in [2.05, 4.69) is 31.1 Å². The van der Waals surface area contributed by atoms with Crippen molar-refractivity contribution in [3.05, 3.63) is 4.88 Å². The maximum Gasteiger partial charge on any atom is 0.350 e. The van der Waals surface area contributed by atoms with Crippen LogP contribution in [-0.2, 0) is 4.74 Å². The van der Waals surface area contributed by atoms with Gasteiger partial charge in [0.1, 0.15) is 15.6 Å². The van der Waals surface area contributed by atoms with Crippen LogP contribution in [0.2, 0.25) is 0 Å². The van der Waals surface area contributed by atoms with Gasteiger partial charge in [-0.3, -0.25) is 0 Å². The van der Waals surface area contributed by atoms with Crippen LogP contribution in [0, 0.1) is 0 Å². The van der Waals surface area contributed by atoms with Gasteiger partial charge in [-0.05, 0) is 20.4 Å². The third kappa shape index (κ3) is 4.25. The molecule has 0 aliphatic carbocycles. The highest BCUT2D eigenvalue weighted by atomic mass is 32.1. The Morgan fingerprint density at radius 2 is 2.14 bits per heavy atom. The van der Waals surface area contributed by atoms with Crippen LogP contribution in [0.1, 0.15) is 29.9 Å². The second-order valence-electron chi connectivity index (χ2n) is 4.86. The number of hydrogen-bond donors (Lipinski definition) is 2. The first-order chi connectivity index (χ1) is 9.96. The molecule has 0 amide bonds. The molecule has 7 heteroatoms. The lowest BCUT2D eigenvalue weighted by molar-refractivity contribution is 0.0607. The van der Waals surface area contributed by atoms with E-state index < -0.39 is 5.97 Å². The molecule has 6 nitrogen and oxygen atoms in total. The summed E-state index contributed by atoms with van der Waals surface area (Å²) in [5.41, 5.74) is 6.25. The molecule has 3 N–H and O–H groups in total. The zero-order valence-electron chi connectivity index (χ0n) is 13.4. The monoisotopic (exact) mass is 315 g/mol. The minimum absolute atomic E-state index is 0.326. The summed E-state index contributed by atoms with van der Waals surface area (Å²) >= 11 is 1.26. The molecule has 0 aromatic carbocycles. The summed E-state index contributed by atoms with van der Waals surface area (Å²) in [6.07, 6.45) is 1.11. The molecule has 0 radical (unpaired) electrons. The number of ether oxygens (including phenoxy) is 2. The predicted octanol–water partition coefficient (Wildman–Crippen LogP) is 2.27. The molecule has 1 atom stereocenters. The van der Waals surface area contributed by atoms with E-state index in [4.69, 9.17) is 15.2 Å².